The summed E-state index contributed by atoms with van der Waals surface area (Å²) in [5.74, 6) is 0. The molecular weight excluding hydrogens is 226 g/mol. The maximum absolute atomic E-state index is 8.60. The van der Waals surface area contributed by atoms with Crippen LogP contribution in [0.15, 0.2) is 35.4 Å². The van der Waals surface area contributed by atoms with Gasteiger partial charge in [-0.1, -0.05) is 18.2 Å². The Kier molecular flexibility index (Phi) is 3.17. The Morgan fingerprint density at radius 1 is 1.22 bits per heavy atom. The predicted octanol–water partition coefficient (Wildman–Crippen LogP) is 2.36. The number of hydrogen-bond acceptors (Lipinski definition) is 5. The van der Waals surface area contributed by atoms with Crippen LogP contribution in [0.2, 0.25) is 0 Å². The van der Waals surface area contributed by atoms with E-state index in [0.29, 0.717) is 5.69 Å². The number of benzene rings is 1. The first-order chi connectivity index (χ1) is 8.74. The lowest BCUT2D eigenvalue weighted by Crippen LogP contribution is -1.98. The summed E-state index contributed by atoms with van der Waals surface area (Å²) in [7, 11) is 0. The fraction of sp³-hybridized carbons (Fsp3) is 0.0769. The van der Waals surface area contributed by atoms with E-state index in [9.17, 15) is 0 Å². The molecule has 0 unspecified atom stereocenters. The molecule has 1 aromatic carbocycles. The fourth-order valence-corrected chi connectivity index (χ4v) is 1.53. The van der Waals surface area contributed by atoms with Crippen molar-refractivity contribution in [3.05, 3.63) is 36.0 Å². The van der Waals surface area contributed by atoms with E-state index in [1.54, 1.807) is 18.2 Å². The quantitative estimate of drug-likeness (QED) is 0.639. The van der Waals surface area contributed by atoms with E-state index in [0.717, 1.165) is 16.6 Å². The highest BCUT2D eigenvalue weighted by Crippen LogP contribution is 2.21. The molecule has 0 radical (unpaired) electrons. The van der Waals surface area contributed by atoms with Gasteiger partial charge in [0.1, 0.15) is 12.1 Å². The normalized spacial score (nSPS) is 9.28. The van der Waals surface area contributed by atoms with Gasteiger partial charge in [-0.2, -0.15) is 15.6 Å². The molecule has 0 saturated carbocycles. The van der Waals surface area contributed by atoms with Gasteiger partial charge in [0.2, 0.25) is 5.71 Å². The molecule has 0 aliphatic heterocycles. The first-order valence-electron chi connectivity index (χ1n) is 5.25. The molecule has 5 heteroatoms. The molecule has 2 rings (SSSR count). The SMILES string of the molecule is Cc1ccc2cccc(NN=C(C#N)C#N)c2n1. The Hall–Kier alpha value is -2.92. The highest BCUT2D eigenvalue weighted by molar-refractivity contribution is 6.10. The van der Waals surface area contributed by atoms with E-state index < -0.39 is 0 Å². The van der Waals surface area contributed by atoms with Crippen molar-refractivity contribution < 1.29 is 0 Å². The van der Waals surface area contributed by atoms with Gasteiger partial charge < -0.3 is 0 Å². The third-order valence-electron chi connectivity index (χ3n) is 2.36. The monoisotopic (exact) mass is 235 g/mol. The Morgan fingerprint density at radius 3 is 2.72 bits per heavy atom. The second-order valence-electron chi connectivity index (χ2n) is 3.63. The Morgan fingerprint density at radius 2 is 2.00 bits per heavy atom. The number of hydrazone groups is 1. The lowest BCUT2D eigenvalue weighted by atomic mass is 10.2. The van der Waals surface area contributed by atoms with Crippen molar-refractivity contribution in [2.24, 2.45) is 5.10 Å². The summed E-state index contributed by atoms with van der Waals surface area (Å²) in [6, 6.07) is 12.8. The molecule has 86 valence electrons. The first-order valence-corrected chi connectivity index (χ1v) is 5.25. The number of nitrogens with one attached hydrogen (secondary N) is 1. The van der Waals surface area contributed by atoms with Crippen LogP contribution in [-0.2, 0) is 0 Å². The van der Waals surface area contributed by atoms with Gasteiger partial charge in [0.05, 0.1) is 11.2 Å². The number of nitriles is 2. The summed E-state index contributed by atoms with van der Waals surface area (Å²) < 4.78 is 0. The van der Waals surface area contributed by atoms with Crippen LogP contribution in [0.25, 0.3) is 10.9 Å². The molecule has 0 amide bonds. The largest absolute Gasteiger partial charge is 0.274 e. The summed E-state index contributed by atoms with van der Waals surface area (Å²) in [5, 5.41) is 21.9. The molecule has 0 aliphatic carbocycles. The van der Waals surface area contributed by atoms with Gasteiger partial charge in [-0.25, -0.2) is 0 Å². The molecule has 1 heterocycles. The van der Waals surface area contributed by atoms with Gasteiger partial charge in [-0.15, -0.1) is 0 Å². The third-order valence-corrected chi connectivity index (χ3v) is 2.36. The van der Waals surface area contributed by atoms with Crippen molar-refractivity contribution in [2.45, 2.75) is 6.92 Å². The summed E-state index contributed by atoms with van der Waals surface area (Å²) in [6.07, 6.45) is 0. The summed E-state index contributed by atoms with van der Waals surface area (Å²) in [6.45, 7) is 1.90. The molecule has 0 atom stereocenters. The fourth-order valence-electron chi connectivity index (χ4n) is 1.53. The van der Waals surface area contributed by atoms with E-state index in [4.69, 9.17) is 10.5 Å². The van der Waals surface area contributed by atoms with E-state index in [2.05, 4.69) is 15.5 Å². The zero-order chi connectivity index (χ0) is 13.0. The van der Waals surface area contributed by atoms with Crippen molar-refractivity contribution in [1.29, 1.82) is 10.5 Å². The highest BCUT2D eigenvalue weighted by atomic mass is 15.3. The molecule has 0 saturated heterocycles. The maximum atomic E-state index is 8.60. The zero-order valence-corrected chi connectivity index (χ0v) is 9.68. The topological polar surface area (TPSA) is 84.9 Å². The lowest BCUT2D eigenvalue weighted by Gasteiger charge is -2.05. The molecule has 5 nitrogen and oxygen atoms in total. The predicted molar refractivity (Wildman–Crippen MR) is 68.8 cm³/mol. The maximum Gasteiger partial charge on any atom is 0.237 e. The molecule has 2 aromatic rings. The first kappa shape index (κ1) is 11.6. The van der Waals surface area contributed by atoms with Crippen LogP contribution in [0, 0.1) is 29.6 Å². The van der Waals surface area contributed by atoms with Gasteiger partial charge in [-0.05, 0) is 19.1 Å². The van der Waals surface area contributed by atoms with Crippen LogP contribution in [-0.4, -0.2) is 10.7 Å². The van der Waals surface area contributed by atoms with E-state index in [1.165, 1.54) is 0 Å². The molecule has 0 fully saturated rings. The average Bonchev–Trinajstić information content (AvgIpc) is 2.40. The summed E-state index contributed by atoms with van der Waals surface area (Å²) in [5.41, 5.74) is 4.79. The van der Waals surface area contributed by atoms with Crippen LogP contribution in [0.3, 0.4) is 0 Å². The number of hydrogen-bond donors (Lipinski definition) is 1. The number of fused-ring (bicyclic) bond motifs is 1. The van der Waals surface area contributed by atoms with Crippen molar-refractivity contribution >= 4 is 22.3 Å². The van der Waals surface area contributed by atoms with E-state index in [-0.39, 0.29) is 5.71 Å². The molecule has 0 bridgehead atoms. The number of aromatic nitrogens is 1. The van der Waals surface area contributed by atoms with Gasteiger partial charge in [0.15, 0.2) is 0 Å². The molecule has 1 aromatic heterocycles. The molecule has 0 aliphatic rings. The van der Waals surface area contributed by atoms with Crippen LogP contribution < -0.4 is 5.43 Å². The third kappa shape index (κ3) is 2.26. The number of aryl methyl sites for hydroxylation is 1. The number of rotatable bonds is 2. The molecular formula is C13H9N5. The Labute approximate surface area is 104 Å². The van der Waals surface area contributed by atoms with E-state index in [1.807, 2.05) is 31.2 Å². The number of para-hydroxylation sites is 1. The van der Waals surface area contributed by atoms with Gasteiger partial charge in [0.25, 0.3) is 0 Å². The van der Waals surface area contributed by atoms with Crippen LogP contribution >= 0.6 is 0 Å². The van der Waals surface area contributed by atoms with Gasteiger partial charge >= 0.3 is 0 Å². The molecule has 0 spiro atoms. The van der Waals surface area contributed by atoms with Crippen molar-refractivity contribution in [3.63, 3.8) is 0 Å². The summed E-state index contributed by atoms with van der Waals surface area (Å²) >= 11 is 0. The standard InChI is InChI=1S/C13H9N5/c1-9-5-6-10-3-2-4-12(13(10)16-9)18-17-11(7-14)8-15/h2-6,18H,1H3. The minimum Gasteiger partial charge on any atom is -0.274 e. The van der Waals surface area contributed by atoms with Crippen molar-refractivity contribution in [3.8, 4) is 12.1 Å². The summed E-state index contributed by atoms with van der Waals surface area (Å²) in [4.78, 5) is 4.41. The van der Waals surface area contributed by atoms with E-state index >= 15 is 0 Å². The second kappa shape index (κ2) is 4.94. The Bertz CT molecular complexity index is 687. The van der Waals surface area contributed by atoms with Crippen molar-refractivity contribution in [2.75, 3.05) is 5.43 Å². The van der Waals surface area contributed by atoms with Crippen LogP contribution in [0.4, 0.5) is 5.69 Å². The number of pyridine rings is 1. The van der Waals surface area contributed by atoms with Crippen LogP contribution in [0.5, 0.6) is 0 Å². The lowest BCUT2D eigenvalue weighted by molar-refractivity contribution is 1.24. The number of nitrogens with zero attached hydrogens (tertiary/aromatic N) is 4. The average molecular weight is 235 g/mol. The van der Waals surface area contributed by atoms with Gasteiger partial charge in [0, 0.05) is 11.1 Å². The Balaban J connectivity index is 2.46. The van der Waals surface area contributed by atoms with Crippen molar-refractivity contribution in [1.82, 2.24) is 4.98 Å². The minimum absolute atomic E-state index is 0.223. The molecule has 1 N–H and O–H groups in total. The van der Waals surface area contributed by atoms with Gasteiger partial charge in [-0.3, -0.25) is 10.4 Å². The highest BCUT2D eigenvalue weighted by Gasteiger charge is 2.02. The number of anilines is 1. The van der Waals surface area contributed by atoms with Crippen LogP contribution in [0.1, 0.15) is 5.69 Å². The minimum atomic E-state index is -0.223. The smallest absolute Gasteiger partial charge is 0.237 e. The zero-order valence-electron chi connectivity index (χ0n) is 9.68. The second-order valence-corrected chi connectivity index (χ2v) is 3.63. The molecule has 18 heavy (non-hydrogen) atoms.